The van der Waals surface area contributed by atoms with Crippen LogP contribution in [0.2, 0.25) is 0 Å². The number of para-hydroxylation sites is 1. The van der Waals surface area contributed by atoms with Crippen LogP contribution in [0.3, 0.4) is 0 Å². The number of carbonyl (C=O) groups excluding carboxylic acids is 1. The molecule has 1 aliphatic heterocycles. The van der Waals surface area contributed by atoms with E-state index in [9.17, 15) is 4.79 Å². The van der Waals surface area contributed by atoms with E-state index in [0.29, 0.717) is 0 Å². The largest absolute Gasteiger partial charge is 0.321 e. The Morgan fingerprint density at radius 1 is 1.29 bits per heavy atom. The van der Waals surface area contributed by atoms with Crippen molar-refractivity contribution in [3.63, 3.8) is 0 Å². The summed E-state index contributed by atoms with van der Waals surface area (Å²) in [5.74, 6) is 0.00778. The topological polar surface area (TPSA) is 29.1 Å². The Balaban J connectivity index is 2.12. The molecule has 0 bridgehead atoms. The quantitative estimate of drug-likeness (QED) is 0.839. The standard InChI is InChI=1S/C13H11NOS2/c1-2-8-7-9-12(15)14-10-5-3-4-6-11(10)17-13(9)16-8/h3-7H,2H2,1H3,(H,14,15). The molecule has 3 rings (SSSR count). The number of anilines is 1. The summed E-state index contributed by atoms with van der Waals surface area (Å²) in [6.07, 6.45) is 0.979. The predicted molar refractivity (Wildman–Crippen MR) is 72.2 cm³/mol. The van der Waals surface area contributed by atoms with Gasteiger partial charge in [0.05, 0.1) is 15.5 Å². The van der Waals surface area contributed by atoms with Gasteiger partial charge in [0.2, 0.25) is 0 Å². The first-order valence-electron chi connectivity index (χ1n) is 5.49. The second-order valence-electron chi connectivity index (χ2n) is 3.82. The maximum atomic E-state index is 12.1. The number of aryl methyl sites for hydroxylation is 1. The summed E-state index contributed by atoms with van der Waals surface area (Å²) in [6.45, 7) is 2.11. The summed E-state index contributed by atoms with van der Waals surface area (Å²) in [5, 5.41) is 2.96. The molecule has 0 saturated heterocycles. The first kappa shape index (κ1) is 10.9. The second kappa shape index (κ2) is 4.20. The highest BCUT2D eigenvalue weighted by Gasteiger charge is 2.22. The maximum absolute atomic E-state index is 12.1. The molecule has 0 aliphatic carbocycles. The maximum Gasteiger partial charge on any atom is 0.257 e. The van der Waals surface area contributed by atoms with Gasteiger partial charge < -0.3 is 5.32 Å². The highest BCUT2D eigenvalue weighted by molar-refractivity contribution is 8.01. The zero-order chi connectivity index (χ0) is 11.8. The van der Waals surface area contributed by atoms with Crippen molar-refractivity contribution in [3.8, 4) is 0 Å². The minimum Gasteiger partial charge on any atom is -0.321 e. The number of benzene rings is 1. The number of amides is 1. The van der Waals surface area contributed by atoms with Crippen LogP contribution in [-0.4, -0.2) is 5.91 Å². The molecule has 1 aromatic heterocycles. The molecular formula is C13H11NOS2. The molecule has 2 heterocycles. The summed E-state index contributed by atoms with van der Waals surface area (Å²) >= 11 is 3.40. The van der Waals surface area contributed by atoms with Gasteiger partial charge in [0.25, 0.3) is 5.91 Å². The van der Waals surface area contributed by atoms with E-state index < -0.39 is 0 Å². The Morgan fingerprint density at radius 2 is 2.12 bits per heavy atom. The average Bonchev–Trinajstić information content (AvgIpc) is 2.69. The third kappa shape index (κ3) is 1.87. The molecule has 0 saturated carbocycles. The number of hydrogen-bond acceptors (Lipinski definition) is 3. The van der Waals surface area contributed by atoms with Crippen LogP contribution < -0.4 is 5.32 Å². The summed E-state index contributed by atoms with van der Waals surface area (Å²) in [6, 6.07) is 9.93. The molecule has 1 amide bonds. The fraction of sp³-hybridized carbons (Fsp3) is 0.154. The predicted octanol–water partition coefficient (Wildman–Crippen LogP) is 4.03. The second-order valence-corrected chi connectivity index (χ2v) is 6.27. The van der Waals surface area contributed by atoms with Crippen molar-refractivity contribution < 1.29 is 4.79 Å². The van der Waals surface area contributed by atoms with Gasteiger partial charge in [0, 0.05) is 9.77 Å². The van der Waals surface area contributed by atoms with Gasteiger partial charge in [0.1, 0.15) is 0 Å². The number of rotatable bonds is 1. The van der Waals surface area contributed by atoms with Crippen LogP contribution in [0.4, 0.5) is 5.69 Å². The number of fused-ring (bicyclic) bond motifs is 2. The van der Waals surface area contributed by atoms with Gasteiger partial charge in [-0.15, -0.1) is 11.3 Å². The van der Waals surface area contributed by atoms with Gasteiger partial charge in [-0.25, -0.2) is 0 Å². The number of thiophene rings is 1. The smallest absolute Gasteiger partial charge is 0.257 e. The van der Waals surface area contributed by atoms with Crippen LogP contribution in [0, 0.1) is 0 Å². The van der Waals surface area contributed by atoms with Crippen molar-refractivity contribution in [2.75, 3.05) is 5.32 Å². The lowest BCUT2D eigenvalue weighted by atomic mass is 10.2. The van der Waals surface area contributed by atoms with Crippen molar-refractivity contribution >= 4 is 34.7 Å². The van der Waals surface area contributed by atoms with E-state index in [1.807, 2.05) is 30.3 Å². The minimum absolute atomic E-state index is 0.00778. The Labute approximate surface area is 108 Å². The average molecular weight is 261 g/mol. The molecule has 4 heteroatoms. The summed E-state index contributed by atoms with van der Waals surface area (Å²) < 4.78 is 1.10. The van der Waals surface area contributed by atoms with Gasteiger partial charge in [-0.3, -0.25) is 4.79 Å². The number of hydrogen-bond donors (Lipinski definition) is 1. The van der Waals surface area contributed by atoms with E-state index in [-0.39, 0.29) is 5.91 Å². The van der Waals surface area contributed by atoms with Crippen molar-refractivity contribution in [1.82, 2.24) is 0 Å². The summed E-state index contributed by atoms with van der Waals surface area (Å²) in [7, 11) is 0. The van der Waals surface area contributed by atoms with Crippen molar-refractivity contribution in [2.24, 2.45) is 0 Å². The molecule has 1 N–H and O–H groups in total. The molecule has 1 aliphatic rings. The van der Waals surface area contributed by atoms with E-state index in [1.54, 1.807) is 23.1 Å². The first-order chi connectivity index (χ1) is 8.28. The monoisotopic (exact) mass is 261 g/mol. The van der Waals surface area contributed by atoms with Gasteiger partial charge in [0.15, 0.2) is 0 Å². The Kier molecular flexibility index (Phi) is 2.68. The number of nitrogens with one attached hydrogen (secondary N) is 1. The van der Waals surface area contributed by atoms with Crippen LogP contribution in [0.15, 0.2) is 39.4 Å². The van der Waals surface area contributed by atoms with Crippen molar-refractivity contribution in [2.45, 2.75) is 22.4 Å². The van der Waals surface area contributed by atoms with E-state index in [1.165, 1.54) is 4.88 Å². The Bertz CT molecular complexity index is 589. The molecule has 0 radical (unpaired) electrons. The zero-order valence-electron chi connectivity index (χ0n) is 9.32. The Morgan fingerprint density at radius 3 is 2.94 bits per heavy atom. The third-order valence-electron chi connectivity index (χ3n) is 2.68. The van der Waals surface area contributed by atoms with Crippen LogP contribution in [0.25, 0.3) is 0 Å². The number of carbonyl (C=O) groups is 1. The molecule has 2 nitrogen and oxygen atoms in total. The zero-order valence-corrected chi connectivity index (χ0v) is 11.0. The molecule has 0 fully saturated rings. The highest BCUT2D eigenvalue weighted by atomic mass is 32.2. The van der Waals surface area contributed by atoms with E-state index in [0.717, 1.165) is 26.8 Å². The molecule has 0 spiro atoms. The molecule has 86 valence electrons. The van der Waals surface area contributed by atoms with Crippen molar-refractivity contribution in [3.05, 3.63) is 40.8 Å². The first-order valence-corrected chi connectivity index (χ1v) is 7.12. The molecule has 0 unspecified atom stereocenters. The Hall–Kier alpha value is -1.26. The van der Waals surface area contributed by atoms with Gasteiger partial charge in [-0.2, -0.15) is 0 Å². The summed E-state index contributed by atoms with van der Waals surface area (Å²) in [5.41, 5.74) is 1.72. The van der Waals surface area contributed by atoms with Crippen LogP contribution in [0.5, 0.6) is 0 Å². The highest BCUT2D eigenvalue weighted by Crippen LogP contribution is 2.42. The van der Waals surface area contributed by atoms with Gasteiger partial charge in [-0.05, 0) is 24.6 Å². The van der Waals surface area contributed by atoms with Gasteiger partial charge >= 0.3 is 0 Å². The van der Waals surface area contributed by atoms with E-state index in [4.69, 9.17) is 0 Å². The fourth-order valence-electron chi connectivity index (χ4n) is 1.78. The molecule has 0 atom stereocenters. The summed E-state index contributed by atoms with van der Waals surface area (Å²) in [4.78, 5) is 14.5. The van der Waals surface area contributed by atoms with Crippen LogP contribution >= 0.6 is 23.1 Å². The normalized spacial score (nSPS) is 13.6. The molecule has 2 aromatic rings. The lowest BCUT2D eigenvalue weighted by Crippen LogP contribution is -2.10. The third-order valence-corrected chi connectivity index (χ3v) is 5.24. The van der Waals surface area contributed by atoms with E-state index in [2.05, 4.69) is 12.2 Å². The van der Waals surface area contributed by atoms with Crippen molar-refractivity contribution in [1.29, 1.82) is 0 Å². The molecule has 1 aromatic carbocycles. The molecular weight excluding hydrogens is 250 g/mol. The van der Waals surface area contributed by atoms with Crippen LogP contribution in [-0.2, 0) is 6.42 Å². The lowest BCUT2D eigenvalue weighted by Gasteiger charge is -2.04. The lowest BCUT2D eigenvalue weighted by molar-refractivity contribution is 0.102. The minimum atomic E-state index is 0.00778. The van der Waals surface area contributed by atoms with Gasteiger partial charge in [-0.1, -0.05) is 30.8 Å². The SMILES string of the molecule is CCc1cc2c(s1)Sc1ccccc1NC2=O. The molecule has 17 heavy (non-hydrogen) atoms. The van der Waals surface area contributed by atoms with E-state index >= 15 is 0 Å². The fourth-order valence-corrected chi connectivity index (χ4v) is 4.20. The van der Waals surface area contributed by atoms with Crippen LogP contribution in [0.1, 0.15) is 22.2 Å².